The first-order valence-corrected chi connectivity index (χ1v) is 5.93. The molecule has 1 aromatic carbocycles. The fourth-order valence-electron chi connectivity index (χ4n) is 2.24. The highest BCUT2D eigenvalue weighted by Crippen LogP contribution is 2.25. The minimum Gasteiger partial charge on any atom is -0.478 e. The number of carboxylic acids is 1. The lowest BCUT2D eigenvalue weighted by molar-refractivity contribution is 0.0696. The van der Waals surface area contributed by atoms with E-state index in [4.69, 9.17) is 6.42 Å². The minimum absolute atomic E-state index is 0.291. The van der Waals surface area contributed by atoms with Gasteiger partial charge in [0.15, 0.2) is 0 Å². The molecule has 0 spiro atoms. The summed E-state index contributed by atoms with van der Waals surface area (Å²) in [4.78, 5) is 13.4. The van der Waals surface area contributed by atoms with E-state index in [1.807, 2.05) is 13.0 Å². The van der Waals surface area contributed by atoms with Crippen molar-refractivity contribution in [1.29, 1.82) is 0 Å². The van der Waals surface area contributed by atoms with Gasteiger partial charge in [-0.3, -0.25) is 0 Å². The maximum Gasteiger partial charge on any atom is 0.336 e. The molecule has 0 aromatic heterocycles. The van der Waals surface area contributed by atoms with Crippen LogP contribution in [0.25, 0.3) is 0 Å². The summed E-state index contributed by atoms with van der Waals surface area (Å²) in [6, 6.07) is 3.45. The largest absolute Gasteiger partial charge is 0.478 e. The quantitative estimate of drug-likeness (QED) is 0.765. The Morgan fingerprint density at radius 3 is 2.67 bits per heavy atom. The second-order valence-corrected chi connectivity index (χ2v) is 4.35. The molecule has 1 aliphatic rings. The van der Waals surface area contributed by atoms with Crippen LogP contribution in [0.2, 0.25) is 0 Å². The number of carbonyl (C=O) groups is 1. The standard InChI is InChI=1S/C14H16N2O2/c1-3-11-8-12(14(17)18)10(2)13(9-11)16-6-4-15-5-7-16/h1,8-9,15H,4-7H2,2H3,(H,17,18). The molecule has 0 radical (unpaired) electrons. The van der Waals surface area contributed by atoms with Crippen molar-refractivity contribution in [3.63, 3.8) is 0 Å². The zero-order valence-corrected chi connectivity index (χ0v) is 10.4. The van der Waals surface area contributed by atoms with Crippen LogP contribution in [0.1, 0.15) is 21.5 Å². The zero-order chi connectivity index (χ0) is 13.1. The molecule has 2 N–H and O–H groups in total. The average Bonchev–Trinajstić information content (AvgIpc) is 2.39. The molecule has 1 aromatic rings. The Kier molecular flexibility index (Phi) is 3.54. The third-order valence-electron chi connectivity index (χ3n) is 3.24. The maximum absolute atomic E-state index is 11.2. The van der Waals surface area contributed by atoms with Gasteiger partial charge in [0.2, 0.25) is 0 Å². The first-order chi connectivity index (χ1) is 8.63. The monoisotopic (exact) mass is 244 g/mol. The molecule has 0 bridgehead atoms. The van der Waals surface area contributed by atoms with Crippen molar-refractivity contribution >= 4 is 11.7 Å². The molecule has 0 atom stereocenters. The fourth-order valence-corrected chi connectivity index (χ4v) is 2.24. The molecule has 18 heavy (non-hydrogen) atoms. The van der Waals surface area contributed by atoms with E-state index < -0.39 is 5.97 Å². The predicted octanol–water partition coefficient (Wildman–Crippen LogP) is 1.08. The third-order valence-corrected chi connectivity index (χ3v) is 3.24. The summed E-state index contributed by atoms with van der Waals surface area (Å²) in [6.07, 6.45) is 5.39. The first-order valence-electron chi connectivity index (χ1n) is 5.93. The van der Waals surface area contributed by atoms with Gasteiger partial charge in [-0.15, -0.1) is 6.42 Å². The second-order valence-electron chi connectivity index (χ2n) is 4.35. The number of nitrogens with zero attached hydrogens (tertiary/aromatic N) is 1. The molecular formula is C14H16N2O2. The lowest BCUT2D eigenvalue weighted by atomic mass is 10.0. The lowest BCUT2D eigenvalue weighted by Gasteiger charge is -2.31. The molecule has 0 amide bonds. The van der Waals surface area contributed by atoms with Crippen LogP contribution in [0.4, 0.5) is 5.69 Å². The molecule has 4 nitrogen and oxygen atoms in total. The summed E-state index contributed by atoms with van der Waals surface area (Å²) in [7, 11) is 0. The van der Waals surface area contributed by atoms with Crippen molar-refractivity contribution < 1.29 is 9.90 Å². The van der Waals surface area contributed by atoms with Crippen LogP contribution < -0.4 is 10.2 Å². The molecule has 94 valence electrons. The van der Waals surface area contributed by atoms with Gasteiger partial charge < -0.3 is 15.3 Å². The van der Waals surface area contributed by atoms with Gasteiger partial charge in [-0.2, -0.15) is 0 Å². The summed E-state index contributed by atoms with van der Waals surface area (Å²) >= 11 is 0. The third kappa shape index (κ3) is 2.31. The number of benzene rings is 1. The van der Waals surface area contributed by atoms with Crippen LogP contribution in [-0.4, -0.2) is 37.3 Å². The van der Waals surface area contributed by atoms with Crippen molar-refractivity contribution in [3.05, 3.63) is 28.8 Å². The van der Waals surface area contributed by atoms with Gasteiger partial charge in [-0.25, -0.2) is 4.79 Å². The maximum atomic E-state index is 11.2. The normalized spacial score (nSPS) is 15.2. The highest BCUT2D eigenvalue weighted by atomic mass is 16.4. The lowest BCUT2D eigenvalue weighted by Crippen LogP contribution is -2.44. The molecule has 2 rings (SSSR count). The minimum atomic E-state index is -0.930. The average molecular weight is 244 g/mol. The molecule has 0 unspecified atom stereocenters. The molecule has 1 aliphatic heterocycles. The highest BCUT2D eigenvalue weighted by Gasteiger charge is 2.18. The van der Waals surface area contributed by atoms with Gasteiger partial charge in [-0.05, 0) is 24.6 Å². The van der Waals surface area contributed by atoms with E-state index in [1.165, 1.54) is 0 Å². The number of hydrogen-bond donors (Lipinski definition) is 2. The Morgan fingerprint density at radius 2 is 2.11 bits per heavy atom. The molecular weight excluding hydrogens is 228 g/mol. The van der Waals surface area contributed by atoms with Gasteiger partial charge in [0.1, 0.15) is 0 Å². The Labute approximate surface area is 107 Å². The molecule has 0 aliphatic carbocycles. The number of carboxylic acid groups (broad SMARTS) is 1. The molecule has 1 fully saturated rings. The SMILES string of the molecule is C#Cc1cc(C(=O)O)c(C)c(N2CCNCC2)c1. The molecule has 1 heterocycles. The number of terminal acetylenes is 1. The Bertz CT molecular complexity index is 511. The molecule has 4 heteroatoms. The summed E-state index contributed by atoms with van der Waals surface area (Å²) in [5.74, 6) is 1.59. The van der Waals surface area contributed by atoms with Crippen molar-refractivity contribution in [3.8, 4) is 12.3 Å². The van der Waals surface area contributed by atoms with Crippen LogP contribution in [0, 0.1) is 19.3 Å². The summed E-state index contributed by atoms with van der Waals surface area (Å²) in [5.41, 5.74) is 2.62. The van der Waals surface area contributed by atoms with E-state index in [1.54, 1.807) is 6.07 Å². The number of hydrogen-bond acceptors (Lipinski definition) is 3. The van der Waals surface area contributed by atoms with E-state index in [0.717, 1.165) is 37.4 Å². The smallest absolute Gasteiger partial charge is 0.336 e. The number of aromatic carboxylic acids is 1. The molecule has 1 saturated heterocycles. The van der Waals surface area contributed by atoms with Crippen LogP contribution in [0.15, 0.2) is 12.1 Å². The van der Waals surface area contributed by atoms with Gasteiger partial charge in [0, 0.05) is 37.4 Å². The number of nitrogens with one attached hydrogen (secondary N) is 1. The topological polar surface area (TPSA) is 52.6 Å². The van der Waals surface area contributed by atoms with Crippen LogP contribution in [0.5, 0.6) is 0 Å². The zero-order valence-electron chi connectivity index (χ0n) is 10.4. The van der Waals surface area contributed by atoms with Crippen LogP contribution in [0.3, 0.4) is 0 Å². The second kappa shape index (κ2) is 5.11. The Hall–Kier alpha value is -1.99. The van der Waals surface area contributed by atoms with Gasteiger partial charge in [0.05, 0.1) is 5.56 Å². The van der Waals surface area contributed by atoms with Gasteiger partial charge in [-0.1, -0.05) is 5.92 Å². The van der Waals surface area contributed by atoms with Crippen LogP contribution >= 0.6 is 0 Å². The number of rotatable bonds is 2. The number of anilines is 1. The van der Waals surface area contributed by atoms with Crippen molar-refractivity contribution in [2.24, 2.45) is 0 Å². The Morgan fingerprint density at radius 1 is 1.44 bits per heavy atom. The van der Waals surface area contributed by atoms with Crippen molar-refractivity contribution in [2.75, 3.05) is 31.1 Å². The van der Waals surface area contributed by atoms with E-state index >= 15 is 0 Å². The highest BCUT2D eigenvalue weighted by molar-refractivity contribution is 5.92. The molecule has 0 saturated carbocycles. The van der Waals surface area contributed by atoms with E-state index in [9.17, 15) is 9.90 Å². The Balaban J connectivity index is 2.48. The fraction of sp³-hybridized carbons (Fsp3) is 0.357. The van der Waals surface area contributed by atoms with Gasteiger partial charge in [0.25, 0.3) is 0 Å². The first kappa shape index (κ1) is 12.5. The van der Waals surface area contributed by atoms with Crippen molar-refractivity contribution in [2.45, 2.75) is 6.92 Å². The van der Waals surface area contributed by atoms with Crippen LogP contribution in [-0.2, 0) is 0 Å². The van der Waals surface area contributed by atoms with Gasteiger partial charge >= 0.3 is 5.97 Å². The van der Waals surface area contributed by atoms with Crippen molar-refractivity contribution in [1.82, 2.24) is 5.32 Å². The summed E-state index contributed by atoms with van der Waals surface area (Å²) in [5, 5.41) is 12.5. The predicted molar refractivity (Wildman–Crippen MR) is 71.2 cm³/mol. The number of piperazine rings is 1. The summed E-state index contributed by atoms with van der Waals surface area (Å²) in [6.45, 7) is 5.38. The van der Waals surface area contributed by atoms with E-state index in [0.29, 0.717) is 11.1 Å². The summed E-state index contributed by atoms with van der Waals surface area (Å²) < 4.78 is 0. The van der Waals surface area contributed by atoms with E-state index in [2.05, 4.69) is 16.1 Å². The van der Waals surface area contributed by atoms with E-state index in [-0.39, 0.29) is 0 Å².